The number of anilines is 1. The molecule has 2 atom stereocenters. The van der Waals surface area contributed by atoms with Crippen molar-refractivity contribution < 1.29 is 4.55 Å². The molecule has 8 nitrogen and oxygen atoms in total. The molecule has 3 aromatic heterocycles. The molecule has 2 aliphatic rings. The van der Waals surface area contributed by atoms with Crippen LogP contribution in [-0.2, 0) is 17.9 Å². The van der Waals surface area contributed by atoms with Crippen LogP contribution in [-0.4, -0.2) is 46.5 Å². The van der Waals surface area contributed by atoms with E-state index >= 15 is 0 Å². The molecule has 1 spiro atoms. The summed E-state index contributed by atoms with van der Waals surface area (Å²) in [6.07, 6.45) is 9.37. The number of halogens is 1. The van der Waals surface area contributed by atoms with E-state index in [0.29, 0.717) is 0 Å². The first kappa shape index (κ1) is 20.3. The fourth-order valence-electron chi connectivity index (χ4n) is 4.60. The molecule has 0 radical (unpaired) electrons. The summed E-state index contributed by atoms with van der Waals surface area (Å²) in [7, 11) is 0. The Balaban J connectivity index is 1.40. The molecule has 0 aliphatic carbocycles. The van der Waals surface area contributed by atoms with Crippen molar-refractivity contribution in [3.63, 3.8) is 0 Å². The molecule has 5 heterocycles. The Morgan fingerprint density at radius 1 is 1.23 bits per heavy atom. The zero-order valence-corrected chi connectivity index (χ0v) is 19.8. The highest BCUT2D eigenvalue weighted by molar-refractivity contribution is 9.10. The predicted octanol–water partition coefficient (Wildman–Crippen LogP) is 3.08. The molecule has 1 saturated heterocycles. The minimum Gasteiger partial charge on any atom is -0.598 e. The van der Waals surface area contributed by atoms with Crippen LogP contribution in [0, 0.1) is 5.41 Å². The van der Waals surface area contributed by atoms with Gasteiger partial charge in [0.2, 0.25) is 5.95 Å². The van der Waals surface area contributed by atoms with Gasteiger partial charge in [0, 0.05) is 61.2 Å². The van der Waals surface area contributed by atoms with Crippen molar-refractivity contribution in [3.8, 4) is 0 Å². The Morgan fingerprint density at radius 3 is 2.73 bits per heavy atom. The topological polar surface area (TPSA) is 86.3 Å². The number of hydrogen-bond acceptors (Lipinski definition) is 6. The summed E-state index contributed by atoms with van der Waals surface area (Å²) in [4.78, 5) is 11.4. The van der Waals surface area contributed by atoms with Crippen LogP contribution in [0.25, 0.3) is 5.65 Å². The zero-order chi connectivity index (χ0) is 21.1. The van der Waals surface area contributed by atoms with Gasteiger partial charge in [-0.3, -0.25) is 9.08 Å². The summed E-state index contributed by atoms with van der Waals surface area (Å²) >= 11 is 2.39. The van der Waals surface area contributed by atoms with E-state index in [1.54, 1.807) is 6.20 Å². The first-order valence-corrected chi connectivity index (χ1v) is 12.2. The fraction of sp³-hybridized carbons (Fsp3) is 0.550. The highest BCUT2D eigenvalue weighted by Gasteiger charge is 2.51. The van der Waals surface area contributed by atoms with E-state index in [1.165, 1.54) is 0 Å². The van der Waals surface area contributed by atoms with Crippen molar-refractivity contribution in [1.29, 1.82) is 0 Å². The second-order valence-electron chi connectivity index (χ2n) is 9.22. The molecule has 30 heavy (non-hydrogen) atoms. The molecular formula is C20H26BrN7OS. The van der Waals surface area contributed by atoms with Crippen molar-refractivity contribution in [1.82, 2.24) is 28.9 Å². The first-order valence-electron chi connectivity index (χ1n) is 10.2. The van der Waals surface area contributed by atoms with E-state index in [0.717, 1.165) is 54.2 Å². The third-order valence-corrected chi connectivity index (χ3v) is 8.43. The van der Waals surface area contributed by atoms with Gasteiger partial charge < -0.3 is 9.45 Å². The van der Waals surface area contributed by atoms with E-state index in [-0.39, 0.29) is 16.2 Å². The normalized spacial score (nSPS) is 22.0. The third kappa shape index (κ3) is 3.24. The smallest absolute Gasteiger partial charge is 0.211 e. The molecule has 1 N–H and O–H groups in total. The molecule has 10 heteroatoms. The highest BCUT2D eigenvalue weighted by atomic mass is 79.9. The maximum absolute atomic E-state index is 12.9. The zero-order valence-electron chi connectivity index (χ0n) is 17.4. The average molecular weight is 492 g/mol. The van der Waals surface area contributed by atoms with Crippen LogP contribution in [0.4, 0.5) is 5.95 Å². The number of nitrogens with zero attached hydrogens (tertiary/aromatic N) is 6. The maximum atomic E-state index is 12.9. The SMILES string of the molecule is CC(C)(C)[S@@+]([O-])N[C@@H]1c2ccnn2CC12CCN(c1ncc(Br)c3nccn13)CC2. The van der Waals surface area contributed by atoms with Crippen LogP contribution >= 0.6 is 15.9 Å². The van der Waals surface area contributed by atoms with Crippen LogP contribution in [0.1, 0.15) is 45.3 Å². The first-order chi connectivity index (χ1) is 14.3. The number of imidazole rings is 1. The van der Waals surface area contributed by atoms with Crippen molar-refractivity contribution in [2.45, 2.75) is 50.9 Å². The lowest BCUT2D eigenvalue weighted by Crippen LogP contribution is -2.50. The Bertz CT molecular complexity index is 1070. The highest BCUT2D eigenvalue weighted by Crippen LogP contribution is 2.50. The number of hydrogen-bond donors (Lipinski definition) is 1. The lowest BCUT2D eigenvalue weighted by molar-refractivity contribution is 0.160. The fourth-order valence-corrected chi connectivity index (χ4v) is 5.94. The van der Waals surface area contributed by atoms with Gasteiger partial charge in [-0.1, -0.05) is 0 Å². The van der Waals surface area contributed by atoms with Gasteiger partial charge in [-0.05, 0) is 55.6 Å². The lowest BCUT2D eigenvalue weighted by Gasteiger charge is -2.43. The molecular weight excluding hydrogens is 466 g/mol. The summed E-state index contributed by atoms with van der Waals surface area (Å²) in [6.45, 7) is 8.64. The summed E-state index contributed by atoms with van der Waals surface area (Å²) in [5.74, 6) is 0.916. The monoisotopic (exact) mass is 491 g/mol. The van der Waals surface area contributed by atoms with Gasteiger partial charge in [0.15, 0.2) is 5.65 Å². The average Bonchev–Trinajstić information content (AvgIpc) is 3.40. The Labute approximate surface area is 187 Å². The van der Waals surface area contributed by atoms with Gasteiger partial charge in [0.25, 0.3) is 0 Å². The van der Waals surface area contributed by atoms with E-state index < -0.39 is 11.4 Å². The van der Waals surface area contributed by atoms with Crippen LogP contribution in [0.5, 0.6) is 0 Å². The molecule has 0 bridgehead atoms. The number of aromatic nitrogens is 5. The van der Waals surface area contributed by atoms with E-state index in [1.807, 2.05) is 43.8 Å². The largest absolute Gasteiger partial charge is 0.598 e. The molecule has 160 valence electrons. The molecule has 0 unspecified atom stereocenters. The molecule has 2 aliphatic heterocycles. The molecule has 0 aromatic carbocycles. The van der Waals surface area contributed by atoms with Crippen molar-refractivity contribution >= 4 is 38.9 Å². The molecule has 3 aromatic rings. The van der Waals surface area contributed by atoms with Crippen molar-refractivity contribution in [2.24, 2.45) is 5.41 Å². The van der Waals surface area contributed by atoms with Crippen LogP contribution in [0.2, 0.25) is 0 Å². The number of fused-ring (bicyclic) bond motifs is 2. The van der Waals surface area contributed by atoms with Gasteiger partial charge in [0.05, 0.1) is 10.2 Å². The van der Waals surface area contributed by atoms with Crippen LogP contribution in [0.3, 0.4) is 0 Å². The Morgan fingerprint density at radius 2 is 2.00 bits per heavy atom. The van der Waals surface area contributed by atoms with Crippen molar-refractivity contribution in [2.75, 3.05) is 18.0 Å². The van der Waals surface area contributed by atoms with Gasteiger partial charge >= 0.3 is 0 Å². The number of nitrogens with one attached hydrogen (secondary N) is 1. The third-order valence-electron chi connectivity index (χ3n) is 6.31. The Kier molecular flexibility index (Phi) is 4.88. The summed E-state index contributed by atoms with van der Waals surface area (Å²) in [6, 6.07) is 2.09. The quantitative estimate of drug-likeness (QED) is 0.566. The van der Waals surface area contributed by atoms with E-state index in [2.05, 4.69) is 51.4 Å². The van der Waals surface area contributed by atoms with Gasteiger partial charge in [0.1, 0.15) is 10.8 Å². The van der Waals surface area contributed by atoms with E-state index in [9.17, 15) is 4.55 Å². The number of rotatable bonds is 3. The maximum Gasteiger partial charge on any atom is 0.211 e. The lowest BCUT2D eigenvalue weighted by atomic mass is 9.73. The van der Waals surface area contributed by atoms with Crippen LogP contribution in [0.15, 0.2) is 35.3 Å². The second-order valence-corrected chi connectivity index (χ2v) is 12.1. The number of piperidine rings is 1. The minimum absolute atomic E-state index is 0.00439. The summed E-state index contributed by atoms with van der Waals surface area (Å²) in [5.41, 5.74) is 2.02. The summed E-state index contributed by atoms with van der Waals surface area (Å²) in [5, 5.41) is 4.52. The predicted molar refractivity (Wildman–Crippen MR) is 121 cm³/mol. The van der Waals surface area contributed by atoms with Crippen molar-refractivity contribution in [3.05, 3.63) is 41.0 Å². The standard InChI is InChI=1S/C20H26BrN7OS/c1-19(2,3)30(29)25-16-15-4-7-24-28(15)13-20(16)5-9-26(10-6-20)18-23-12-14(21)17-22-8-11-27(17)18/h4,7-8,11-12,16,25H,5-6,9-10,13H2,1-3H3/t16-,30-/m1/s1. The molecule has 0 saturated carbocycles. The molecule has 5 rings (SSSR count). The molecule has 1 fully saturated rings. The van der Waals surface area contributed by atoms with Gasteiger partial charge in [-0.15, -0.1) is 4.72 Å². The minimum atomic E-state index is -1.14. The summed E-state index contributed by atoms with van der Waals surface area (Å²) < 4.78 is 21.1. The second kappa shape index (κ2) is 7.22. The van der Waals surface area contributed by atoms with E-state index in [4.69, 9.17) is 0 Å². The van der Waals surface area contributed by atoms with Gasteiger partial charge in [-0.2, -0.15) is 5.10 Å². The van der Waals surface area contributed by atoms with Gasteiger partial charge in [-0.25, -0.2) is 9.97 Å². The van der Waals surface area contributed by atoms with Crippen LogP contribution < -0.4 is 9.62 Å². The molecule has 0 amide bonds. The Hall–Kier alpha value is -1.62.